The van der Waals surface area contributed by atoms with Crippen LogP contribution in [0.15, 0.2) is 48.5 Å². The van der Waals surface area contributed by atoms with Crippen LogP contribution >= 0.6 is 0 Å². The lowest BCUT2D eigenvalue weighted by Crippen LogP contribution is -2.27. The molecule has 0 heterocycles. The molecule has 0 bridgehead atoms. The Morgan fingerprint density at radius 3 is 2.25 bits per heavy atom. The van der Waals surface area contributed by atoms with Crippen LogP contribution in [0.5, 0.6) is 0 Å². The van der Waals surface area contributed by atoms with Crippen molar-refractivity contribution in [3.05, 3.63) is 59.7 Å². The molecule has 0 atom stereocenters. The maximum absolute atomic E-state index is 12.2. The molecule has 0 aromatic heterocycles. The van der Waals surface area contributed by atoms with E-state index in [0.29, 0.717) is 35.7 Å². The highest BCUT2D eigenvalue weighted by Crippen LogP contribution is 2.12. The third-order valence-electron chi connectivity index (χ3n) is 3.81. The van der Waals surface area contributed by atoms with Crippen LogP contribution in [0.25, 0.3) is 0 Å². The van der Waals surface area contributed by atoms with E-state index in [-0.39, 0.29) is 24.3 Å². The Kier molecular flexibility index (Phi) is 7.98. The number of carbonyl (C=O) groups excluding carboxylic acids is 3. The zero-order valence-electron chi connectivity index (χ0n) is 15.9. The maximum atomic E-state index is 12.2. The van der Waals surface area contributed by atoms with Gasteiger partial charge in [-0.05, 0) is 36.4 Å². The third kappa shape index (κ3) is 6.40. The Bertz CT molecular complexity index is 838. The summed E-state index contributed by atoms with van der Waals surface area (Å²) in [4.78, 5) is 35.9. The van der Waals surface area contributed by atoms with E-state index < -0.39 is 0 Å². The fraction of sp³-hybridized carbons (Fsp3) is 0.250. The second-order valence-electron chi connectivity index (χ2n) is 5.89. The second-order valence-corrected chi connectivity index (χ2v) is 5.89. The molecule has 2 aromatic carbocycles. The Balaban J connectivity index is 1.90. The van der Waals surface area contributed by atoms with Crippen molar-refractivity contribution in [2.24, 2.45) is 0 Å². The first-order chi connectivity index (χ1) is 13.5. The van der Waals surface area contributed by atoms with E-state index in [4.69, 9.17) is 4.74 Å². The molecule has 8 nitrogen and oxygen atoms in total. The number of hydrogen-bond donors (Lipinski definition) is 4. The van der Waals surface area contributed by atoms with Gasteiger partial charge in [0.2, 0.25) is 5.91 Å². The highest BCUT2D eigenvalue weighted by molar-refractivity contribution is 5.98. The monoisotopic (exact) mass is 384 g/mol. The highest BCUT2D eigenvalue weighted by atomic mass is 16.5. The van der Waals surface area contributed by atoms with E-state index in [0.717, 1.165) is 0 Å². The van der Waals surface area contributed by atoms with Gasteiger partial charge in [0.15, 0.2) is 0 Å². The van der Waals surface area contributed by atoms with Gasteiger partial charge in [0.1, 0.15) is 0 Å². The van der Waals surface area contributed by atoms with Gasteiger partial charge in [-0.2, -0.15) is 0 Å². The van der Waals surface area contributed by atoms with E-state index in [1.165, 1.54) is 0 Å². The van der Waals surface area contributed by atoms with E-state index in [9.17, 15) is 14.4 Å². The predicted octanol–water partition coefficient (Wildman–Crippen LogP) is 1.47. The molecule has 0 fully saturated rings. The number of rotatable bonds is 9. The fourth-order valence-corrected chi connectivity index (χ4v) is 2.41. The van der Waals surface area contributed by atoms with Crippen molar-refractivity contribution < 1.29 is 19.1 Å². The van der Waals surface area contributed by atoms with Gasteiger partial charge in [-0.1, -0.05) is 12.1 Å². The summed E-state index contributed by atoms with van der Waals surface area (Å²) in [7, 11) is 3.11. The number of benzene rings is 2. The summed E-state index contributed by atoms with van der Waals surface area (Å²) in [6.07, 6.45) is 0. The van der Waals surface area contributed by atoms with Crippen molar-refractivity contribution in [3.63, 3.8) is 0 Å². The second kappa shape index (κ2) is 10.7. The minimum absolute atomic E-state index is 0.0128. The number of nitrogens with one attached hydrogen (secondary N) is 4. The first-order valence-corrected chi connectivity index (χ1v) is 8.76. The van der Waals surface area contributed by atoms with E-state index in [1.54, 1.807) is 62.7 Å². The highest BCUT2D eigenvalue weighted by Gasteiger charge is 2.08. The molecule has 0 spiro atoms. The lowest BCUT2D eigenvalue weighted by Gasteiger charge is -2.10. The largest absolute Gasteiger partial charge is 0.383 e. The lowest BCUT2D eigenvalue weighted by atomic mass is 10.2. The summed E-state index contributed by atoms with van der Waals surface area (Å²) < 4.78 is 4.90. The summed E-state index contributed by atoms with van der Waals surface area (Å²) in [6, 6.07) is 13.5. The first kappa shape index (κ1) is 20.9. The van der Waals surface area contributed by atoms with Gasteiger partial charge in [-0.25, -0.2) is 0 Å². The maximum Gasteiger partial charge on any atom is 0.251 e. The van der Waals surface area contributed by atoms with Gasteiger partial charge in [0, 0.05) is 43.2 Å². The van der Waals surface area contributed by atoms with Crippen molar-refractivity contribution in [2.45, 2.75) is 0 Å². The molecule has 0 radical (unpaired) electrons. The molecular weight excluding hydrogens is 360 g/mol. The van der Waals surface area contributed by atoms with Crippen LogP contribution in [0.1, 0.15) is 20.7 Å². The molecule has 2 rings (SSSR count). The molecule has 0 saturated heterocycles. The smallest absolute Gasteiger partial charge is 0.251 e. The average Bonchev–Trinajstić information content (AvgIpc) is 2.72. The lowest BCUT2D eigenvalue weighted by molar-refractivity contribution is -0.114. The quantitative estimate of drug-likeness (QED) is 0.490. The summed E-state index contributed by atoms with van der Waals surface area (Å²) in [5.41, 5.74) is 2.12. The third-order valence-corrected chi connectivity index (χ3v) is 3.81. The van der Waals surface area contributed by atoms with E-state index >= 15 is 0 Å². The molecule has 28 heavy (non-hydrogen) atoms. The Hall–Kier alpha value is -3.39. The number of hydrogen-bond acceptors (Lipinski definition) is 5. The van der Waals surface area contributed by atoms with Gasteiger partial charge >= 0.3 is 0 Å². The molecule has 8 heteroatoms. The Morgan fingerprint density at radius 2 is 1.57 bits per heavy atom. The van der Waals surface area contributed by atoms with Crippen LogP contribution in [0, 0.1) is 0 Å². The van der Waals surface area contributed by atoms with Gasteiger partial charge in [0.05, 0.1) is 13.2 Å². The molecular formula is C20H24N4O4. The predicted molar refractivity (Wildman–Crippen MR) is 108 cm³/mol. The van der Waals surface area contributed by atoms with Crippen LogP contribution in [-0.4, -0.2) is 51.6 Å². The molecule has 148 valence electrons. The van der Waals surface area contributed by atoms with Crippen molar-refractivity contribution in [1.82, 2.24) is 10.6 Å². The summed E-state index contributed by atoms with van der Waals surface area (Å²) >= 11 is 0. The number of ether oxygens (including phenoxy) is 1. The van der Waals surface area contributed by atoms with Crippen LogP contribution in [-0.2, 0) is 9.53 Å². The van der Waals surface area contributed by atoms with E-state index in [1.807, 2.05) is 0 Å². The molecule has 0 unspecified atom stereocenters. The summed E-state index contributed by atoms with van der Waals surface area (Å²) in [6.45, 7) is 0.869. The van der Waals surface area contributed by atoms with E-state index in [2.05, 4.69) is 21.3 Å². The zero-order valence-corrected chi connectivity index (χ0v) is 15.9. The molecule has 0 saturated carbocycles. The van der Waals surface area contributed by atoms with Crippen LogP contribution in [0.2, 0.25) is 0 Å². The standard InChI is InChI=1S/C20H24N4O4/c1-21-19(26)14-5-4-8-17(12-14)24-18(25)13-23-16-7-3-6-15(11-16)20(27)22-9-10-28-2/h3-8,11-12,23H,9-10,13H2,1-2H3,(H,21,26)(H,22,27)(H,24,25). The molecule has 0 aliphatic carbocycles. The molecule has 2 aromatic rings. The molecule has 4 N–H and O–H groups in total. The summed E-state index contributed by atoms with van der Waals surface area (Å²) in [5.74, 6) is -0.713. The SMILES string of the molecule is CNC(=O)c1cccc(NC(=O)CNc2cccc(C(=O)NCCOC)c2)c1. The average molecular weight is 384 g/mol. The van der Waals surface area contributed by atoms with Gasteiger partial charge < -0.3 is 26.0 Å². The Morgan fingerprint density at radius 1 is 0.929 bits per heavy atom. The van der Waals surface area contributed by atoms with Crippen molar-refractivity contribution in [1.29, 1.82) is 0 Å². The van der Waals surface area contributed by atoms with Gasteiger partial charge in [0.25, 0.3) is 11.8 Å². The van der Waals surface area contributed by atoms with Crippen molar-refractivity contribution in [2.75, 3.05) is 44.5 Å². The van der Waals surface area contributed by atoms with Gasteiger partial charge in [-0.3, -0.25) is 14.4 Å². The van der Waals surface area contributed by atoms with Crippen LogP contribution < -0.4 is 21.3 Å². The molecule has 3 amide bonds. The number of amides is 3. The van der Waals surface area contributed by atoms with Gasteiger partial charge in [-0.15, -0.1) is 0 Å². The minimum atomic E-state index is -0.274. The minimum Gasteiger partial charge on any atom is -0.383 e. The molecule has 0 aliphatic heterocycles. The van der Waals surface area contributed by atoms with Crippen LogP contribution in [0.4, 0.5) is 11.4 Å². The van der Waals surface area contributed by atoms with Crippen LogP contribution in [0.3, 0.4) is 0 Å². The normalized spacial score (nSPS) is 10.1. The molecule has 0 aliphatic rings. The summed E-state index contributed by atoms with van der Waals surface area (Å²) in [5, 5.41) is 11.0. The number of carbonyl (C=O) groups is 3. The van der Waals surface area contributed by atoms with Crippen molar-refractivity contribution in [3.8, 4) is 0 Å². The zero-order chi connectivity index (χ0) is 20.4. The first-order valence-electron chi connectivity index (χ1n) is 8.76. The Labute approximate surface area is 163 Å². The van der Waals surface area contributed by atoms with Crippen molar-refractivity contribution >= 4 is 29.1 Å². The number of anilines is 2. The number of methoxy groups -OCH3 is 1. The fourth-order valence-electron chi connectivity index (χ4n) is 2.41. The topological polar surface area (TPSA) is 109 Å².